The van der Waals surface area contributed by atoms with Crippen LogP contribution < -0.4 is 5.73 Å². The van der Waals surface area contributed by atoms with Gasteiger partial charge in [-0.2, -0.15) is 0 Å². The molecule has 1 heteroatoms. The molecular weight excluding hydrogens is 194 g/mol. The molecule has 0 amide bonds. The van der Waals surface area contributed by atoms with Gasteiger partial charge in [0.1, 0.15) is 0 Å². The van der Waals surface area contributed by atoms with E-state index in [0.717, 1.165) is 12.0 Å². The molecule has 1 aromatic carbocycles. The molecule has 1 nitrogen and oxygen atoms in total. The van der Waals surface area contributed by atoms with Gasteiger partial charge < -0.3 is 5.73 Å². The summed E-state index contributed by atoms with van der Waals surface area (Å²) in [6.07, 6.45) is 0.856. The molecule has 88 valence electrons. The molecule has 0 aliphatic carbocycles. The Morgan fingerprint density at radius 3 is 2.12 bits per heavy atom. The molecule has 2 N–H and O–H groups in total. The summed E-state index contributed by atoms with van der Waals surface area (Å²) in [5, 5.41) is 0. The smallest absolute Gasteiger partial charge is 0.0332 e. The molecule has 0 aliphatic rings. The van der Waals surface area contributed by atoms with Crippen molar-refractivity contribution in [3.8, 4) is 0 Å². The van der Waals surface area contributed by atoms with Crippen LogP contribution in [0.2, 0.25) is 0 Å². The lowest BCUT2D eigenvalue weighted by Gasteiger charge is -2.20. The third kappa shape index (κ3) is 3.49. The Hall–Kier alpha value is -1.08. The maximum atomic E-state index is 6.09. The Morgan fingerprint density at radius 2 is 1.75 bits per heavy atom. The molecule has 0 aliphatic heterocycles. The van der Waals surface area contributed by atoms with Gasteiger partial charge in [0.2, 0.25) is 0 Å². The standard InChI is InChI=1S/C15H23N/c1-11(2)10-14(16)12-6-8-13(9-7-12)15(3,4)5/h6-9,14H,1,10,16H2,2-5H3/t14-/m1/s1. The van der Waals surface area contributed by atoms with E-state index in [1.165, 1.54) is 11.1 Å². The fraction of sp³-hybridized carbons (Fsp3) is 0.467. The van der Waals surface area contributed by atoms with Gasteiger partial charge in [0.25, 0.3) is 0 Å². The van der Waals surface area contributed by atoms with Crippen LogP contribution in [0, 0.1) is 0 Å². The van der Waals surface area contributed by atoms with Crippen LogP contribution in [0.15, 0.2) is 36.4 Å². The molecule has 0 aromatic heterocycles. The average Bonchev–Trinajstić information content (AvgIpc) is 2.15. The predicted molar refractivity (Wildman–Crippen MR) is 71.5 cm³/mol. The third-order valence-electron chi connectivity index (χ3n) is 2.77. The zero-order chi connectivity index (χ0) is 12.3. The lowest BCUT2D eigenvalue weighted by Crippen LogP contribution is -2.13. The van der Waals surface area contributed by atoms with Gasteiger partial charge >= 0.3 is 0 Å². The summed E-state index contributed by atoms with van der Waals surface area (Å²) >= 11 is 0. The second kappa shape index (κ2) is 4.84. The maximum absolute atomic E-state index is 6.09. The zero-order valence-electron chi connectivity index (χ0n) is 10.9. The molecule has 0 unspecified atom stereocenters. The van der Waals surface area contributed by atoms with Crippen molar-refractivity contribution < 1.29 is 0 Å². The summed E-state index contributed by atoms with van der Waals surface area (Å²) in [5.74, 6) is 0. The molecular formula is C15H23N. The topological polar surface area (TPSA) is 26.0 Å². The van der Waals surface area contributed by atoms with E-state index in [2.05, 4.69) is 51.6 Å². The van der Waals surface area contributed by atoms with Crippen LogP contribution in [0.5, 0.6) is 0 Å². The number of rotatable bonds is 3. The summed E-state index contributed by atoms with van der Waals surface area (Å²) in [6, 6.07) is 8.69. The van der Waals surface area contributed by atoms with Crippen LogP contribution in [-0.2, 0) is 5.41 Å². The van der Waals surface area contributed by atoms with Crippen molar-refractivity contribution in [1.82, 2.24) is 0 Å². The summed E-state index contributed by atoms with van der Waals surface area (Å²) in [5.41, 5.74) is 9.97. The van der Waals surface area contributed by atoms with E-state index in [-0.39, 0.29) is 11.5 Å². The van der Waals surface area contributed by atoms with E-state index in [4.69, 9.17) is 5.73 Å². The van der Waals surface area contributed by atoms with Crippen molar-refractivity contribution in [2.45, 2.75) is 45.6 Å². The van der Waals surface area contributed by atoms with Gasteiger partial charge in [0.05, 0.1) is 0 Å². The Balaban J connectivity index is 2.83. The number of benzene rings is 1. The highest BCUT2D eigenvalue weighted by molar-refractivity contribution is 5.29. The van der Waals surface area contributed by atoms with Crippen LogP contribution in [-0.4, -0.2) is 0 Å². The van der Waals surface area contributed by atoms with Gasteiger partial charge in [0, 0.05) is 6.04 Å². The zero-order valence-corrected chi connectivity index (χ0v) is 10.9. The minimum atomic E-state index is 0.0755. The number of hydrogen-bond donors (Lipinski definition) is 1. The second-order valence-electron chi connectivity index (χ2n) is 5.64. The van der Waals surface area contributed by atoms with Gasteiger partial charge in [-0.1, -0.05) is 50.6 Å². The predicted octanol–water partition coefficient (Wildman–Crippen LogP) is 3.95. The van der Waals surface area contributed by atoms with E-state index >= 15 is 0 Å². The molecule has 0 bridgehead atoms. The van der Waals surface area contributed by atoms with E-state index in [9.17, 15) is 0 Å². The Kier molecular flexibility index (Phi) is 3.93. The number of nitrogens with two attached hydrogens (primary N) is 1. The number of hydrogen-bond acceptors (Lipinski definition) is 1. The molecule has 0 fully saturated rings. The first-order chi connectivity index (χ1) is 7.30. The Labute approximate surface area is 99.4 Å². The van der Waals surface area contributed by atoms with E-state index in [1.807, 2.05) is 6.92 Å². The highest BCUT2D eigenvalue weighted by atomic mass is 14.6. The maximum Gasteiger partial charge on any atom is 0.0332 e. The molecule has 0 spiro atoms. The highest BCUT2D eigenvalue weighted by Gasteiger charge is 2.14. The summed E-state index contributed by atoms with van der Waals surface area (Å²) in [7, 11) is 0. The molecule has 16 heavy (non-hydrogen) atoms. The molecule has 0 saturated carbocycles. The van der Waals surface area contributed by atoms with Gasteiger partial charge in [-0.05, 0) is 29.9 Å². The Morgan fingerprint density at radius 1 is 1.25 bits per heavy atom. The average molecular weight is 217 g/mol. The van der Waals surface area contributed by atoms with Crippen molar-refractivity contribution in [1.29, 1.82) is 0 Å². The lowest BCUT2D eigenvalue weighted by molar-refractivity contribution is 0.589. The monoisotopic (exact) mass is 217 g/mol. The van der Waals surface area contributed by atoms with Crippen molar-refractivity contribution in [3.63, 3.8) is 0 Å². The quantitative estimate of drug-likeness (QED) is 0.762. The summed E-state index contributed by atoms with van der Waals surface area (Å²) < 4.78 is 0. The first-order valence-electron chi connectivity index (χ1n) is 5.81. The van der Waals surface area contributed by atoms with Crippen molar-refractivity contribution in [2.75, 3.05) is 0 Å². The third-order valence-corrected chi connectivity index (χ3v) is 2.77. The van der Waals surface area contributed by atoms with Crippen molar-refractivity contribution in [3.05, 3.63) is 47.5 Å². The highest BCUT2D eigenvalue weighted by Crippen LogP contribution is 2.24. The molecule has 0 saturated heterocycles. The van der Waals surface area contributed by atoms with Crippen LogP contribution in [0.4, 0.5) is 0 Å². The fourth-order valence-corrected chi connectivity index (χ4v) is 1.72. The van der Waals surface area contributed by atoms with Gasteiger partial charge in [-0.25, -0.2) is 0 Å². The molecule has 1 rings (SSSR count). The minimum Gasteiger partial charge on any atom is -0.324 e. The normalized spacial score (nSPS) is 13.6. The lowest BCUT2D eigenvalue weighted by atomic mass is 9.86. The van der Waals surface area contributed by atoms with Crippen LogP contribution in [0.3, 0.4) is 0 Å². The molecule has 1 atom stereocenters. The molecule has 0 radical (unpaired) electrons. The SMILES string of the molecule is C=C(C)C[C@@H](N)c1ccc(C(C)(C)C)cc1. The van der Waals surface area contributed by atoms with Crippen molar-refractivity contribution >= 4 is 0 Å². The van der Waals surface area contributed by atoms with E-state index in [0.29, 0.717) is 0 Å². The largest absolute Gasteiger partial charge is 0.324 e. The first-order valence-corrected chi connectivity index (χ1v) is 5.81. The van der Waals surface area contributed by atoms with Gasteiger partial charge in [-0.15, -0.1) is 6.58 Å². The van der Waals surface area contributed by atoms with Gasteiger partial charge in [0.15, 0.2) is 0 Å². The van der Waals surface area contributed by atoms with Crippen molar-refractivity contribution in [2.24, 2.45) is 5.73 Å². The summed E-state index contributed by atoms with van der Waals surface area (Å²) in [4.78, 5) is 0. The van der Waals surface area contributed by atoms with Gasteiger partial charge in [-0.3, -0.25) is 0 Å². The summed E-state index contributed by atoms with van der Waals surface area (Å²) in [6.45, 7) is 12.6. The second-order valence-corrected chi connectivity index (χ2v) is 5.64. The van der Waals surface area contributed by atoms with Crippen LogP contribution in [0.1, 0.15) is 51.3 Å². The minimum absolute atomic E-state index is 0.0755. The molecule has 1 aromatic rings. The van der Waals surface area contributed by atoms with E-state index < -0.39 is 0 Å². The fourth-order valence-electron chi connectivity index (χ4n) is 1.72. The van der Waals surface area contributed by atoms with Crippen LogP contribution in [0.25, 0.3) is 0 Å². The molecule has 0 heterocycles. The first kappa shape index (κ1) is 13.0. The van der Waals surface area contributed by atoms with Crippen LogP contribution >= 0.6 is 0 Å². The Bertz CT molecular complexity index is 354. The van der Waals surface area contributed by atoms with E-state index in [1.54, 1.807) is 0 Å².